The molecule has 0 bridgehead atoms. The molecule has 0 atom stereocenters. The number of benzene rings is 2. The van der Waals surface area contributed by atoms with Crippen LogP contribution in [-0.2, 0) is 17.9 Å². The maximum absolute atomic E-state index is 12.4. The zero-order valence-electron chi connectivity index (χ0n) is 18.5. The van der Waals surface area contributed by atoms with Crippen molar-refractivity contribution in [3.05, 3.63) is 77.1 Å². The molecule has 1 aromatic heterocycles. The molecule has 0 radical (unpaired) electrons. The van der Waals surface area contributed by atoms with Crippen molar-refractivity contribution in [2.45, 2.75) is 45.0 Å². The molecule has 0 fully saturated rings. The quantitative estimate of drug-likeness (QED) is 0.297. The predicted octanol–water partition coefficient (Wildman–Crippen LogP) is 5.86. The molecule has 0 saturated carbocycles. The van der Waals surface area contributed by atoms with Crippen LogP contribution in [0.5, 0.6) is 5.75 Å². The Kier molecular flexibility index (Phi) is 8.36. The first-order chi connectivity index (χ1) is 15.4. The molecule has 3 rings (SSSR count). The lowest BCUT2D eigenvalue weighted by Gasteiger charge is -2.11. The lowest BCUT2D eigenvalue weighted by molar-refractivity contribution is -0.113. The van der Waals surface area contributed by atoms with Crippen molar-refractivity contribution >= 4 is 35.0 Å². The number of carbonyl (C=O) groups is 1. The summed E-state index contributed by atoms with van der Waals surface area (Å²) in [5.41, 5.74) is 2.80. The zero-order chi connectivity index (χ0) is 23.1. The Bertz CT molecular complexity index is 1080. The molecule has 0 aliphatic heterocycles. The Morgan fingerprint density at radius 2 is 2.00 bits per heavy atom. The van der Waals surface area contributed by atoms with Crippen molar-refractivity contribution in [3.8, 4) is 5.75 Å². The van der Waals surface area contributed by atoms with Gasteiger partial charge in [-0.1, -0.05) is 61.5 Å². The van der Waals surface area contributed by atoms with E-state index in [1.807, 2.05) is 29.7 Å². The Balaban J connectivity index is 1.61. The number of thioether (sulfide) groups is 1. The molecule has 32 heavy (non-hydrogen) atoms. The Morgan fingerprint density at radius 3 is 2.69 bits per heavy atom. The van der Waals surface area contributed by atoms with Crippen molar-refractivity contribution < 1.29 is 9.53 Å². The average molecular weight is 471 g/mol. The van der Waals surface area contributed by atoms with Crippen LogP contribution in [0.3, 0.4) is 0 Å². The molecule has 0 aliphatic carbocycles. The van der Waals surface area contributed by atoms with Crippen LogP contribution in [0.4, 0.5) is 5.69 Å². The molecule has 2 aromatic carbocycles. The predicted molar refractivity (Wildman–Crippen MR) is 131 cm³/mol. The smallest absolute Gasteiger partial charge is 0.234 e. The van der Waals surface area contributed by atoms with Crippen LogP contribution >= 0.6 is 23.4 Å². The van der Waals surface area contributed by atoms with Gasteiger partial charge in [-0.2, -0.15) is 0 Å². The molecule has 0 unspecified atom stereocenters. The molecule has 0 spiro atoms. The number of aromatic nitrogens is 3. The number of carbonyl (C=O) groups excluding carboxylic acids is 1. The van der Waals surface area contributed by atoms with Gasteiger partial charge in [-0.3, -0.25) is 9.36 Å². The number of ether oxygens (including phenoxy) is 1. The lowest BCUT2D eigenvalue weighted by Crippen LogP contribution is -2.15. The number of nitrogens with one attached hydrogen (secondary N) is 1. The van der Waals surface area contributed by atoms with Gasteiger partial charge < -0.3 is 10.1 Å². The molecular weight excluding hydrogens is 444 g/mol. The molecule has 0 saturated heterocycles. The monoisotopic (exact) mass is 470 g/mol. The van der Waals surface area contributed by atoms with Crippen LogP contribution in [0.15, 0.2) is 60.3 Å². The molecule has 3 aromatic rings. The normalized spacial score (nSPS) is 10.9. The second-order valence-corrected chi connectivity index (χ2v) is 8.91. The summed E-state index contributed by atoms with van der Waals surface area (Å²) in [5, 5.41) is 12.6. The largest absolute Gasteiger partial charge is 0.486 e. The molecule has 1 N–H and O–H groups in total. The Hall–Kier alpha value is -2.77. The lowest BCUT2D eigenvalue weighted by atomic mass is 10.0. The van der Waals surface area contributed by atoms with E-state index in [9.17, 15) is 4.79 Å². The maximum Gasteiger partial charge on any atom is 0.234 e. The van der Waals surface area contributed by atoms with Gasteiger partial charge in [-0.25, -0.2) is 0 Å². The van der Waals surface area contributed by atoms with Gasteiger partial charge in [0, 0.05) is 17.3 Å². The van der Waals surface area contributed by atoms with E-state index in [1.165, 1.54) is 17.3 Å². The summed E-state index contributed by atoms with van der Waals surface area (Å²) in [4.78, 5) is 12.4. The highest BCUT2D eigenvalue weighted by atomic mass is 35.5. The third kappa shape index (κ3) is 6.14. The molecule has 6 nitrogen and oxygen atoms in total. The molecular formula is C24H27ClN4O2S. The van der Waals surface area contributed by atoms with Crippen molar-refractivity contribution in [3.63, 3.8) is 0 Å². The third-order valence-electron chi connectivity index (χ3n) is 4.89. The van der Waals surface area contributed by atoms with Gasteiger partial charge in [0.15, 0.2) is 11.0 Å². The molecule has 1 amide bonds. The van der Waals surface area contributed by atoms with Crippen molar-refractivity contribution in [1.29, 1.82) is 0 Å². The van der Waals surface area contributed by atoms with E-state index < -0.39 is 0 Å². The van der Waals surface area contributed by atoms with E-state index in [0.29, 0.717) is 34.2 Å². The minimum absolute atomic E-state index is 0.142. The zero-order valence-corrected chi connectivity index (χ0v) is 20.0. The van der Waals surface area contributed by atoms with Crippen molar-refractivity contribution in [1.82, 2.24) is 14.8 Å². The number of halogens is 1. The van der Waals surface area contributed by atoms with Crippen LogP contribution < -0.4 is 10.1 Å². The van der Waals surface area contributed by atoms with E-state index in [2.05, 4.69) is 48.1 Å². The van der Waals surface area contributed by atoms with Gasteiger partial charge in [0.1, 0.15) is 12.4 Å². The summed E-state index contributed by atoms with van der Waals surface area (Å²) in [7, 11) is 0. The third-order valence-corrected chi connectivity index (χ3v) is 6.27. The molecule has 0 aliphatic rings. The highest BCUT2D eigenvalue weighted by Gasteiger charge is 2.15. The fraction of sp³-hybridized carbons (Fsp3) is 0.292. The van der Waals surface area contributed by atoms with Crippen LogP contribution in [0.2, 0.25) is 5.02 Å². The first-order valence-corrected chi connectivity index (χ1v) is 11.7. The topological polar surface area (TPSA) is 69.0 Å². The van der Waals surface area contributed by atoms with Crippen LogP contribution in [0.25, 0.3) is 0 Å². The van der Waals surface area contributed by atoms with Gasteiger partial charge >= 0.3 is 0 Å². The number of anilines is 1. The number of hydrogen-bond donors (Lipinski definition) is 1. The number of amides is 1. The van der Waals surface area contributed by atoms with Gasteiger partial charge in [0.2, 0.25) is 5.91 Å². The van der Waals surface area contributed by atoms with E-state index in [0.717, 1.165) is 11.3 Å². The highest BCUT2D eigenvalue weighted by molar-refractivity contribution is 7.99. The average Bonchev–Trinajstić information content (AvgIpc) is 3.16. The standard InChI is InChI=1S/C24H27ClN4O2S/c1-5-13-29-22(14-31-19-11-9-18(10-12-19)16(2)3)27-28-24(29)32-15-23(30)26-21-8-6-7-20(25)17(21)4/h5-12,16H,1,13-15H2,2-4H3,(H,26,30). The number of hydrogen-bond acceptors (Lipinski definition) is 5. The minimum Gasteiger partial charge on any atom is -0.486 e. The molecule has 8 heteroatoms. The van der Waals surface area contributed by atoms with E-state index >= 15 is 0 Å². The van der Waals surface area contributed by atoms with Gasteiger partial charge in [-0.05, 0) is 48.2 Å². The van der Waals surface area contributed by atoms with Crippen molar-refractivity contribution in [2.75, 3.05) is 11.1 Å². The van der Waals surface area contributed by atoms with Crippen LogP contribution in [0.1, 0.15) is 36.7 Å². The SMILES string of the molecule is C=CCn1c(COc2ccc(C(C)C)cc2)nnc1SCC(=O)Nc1cccc(Cl)c1C. The van der Waals surface area contributed by atoms with E-state index in [4.69, 9.17) is 16.3 Å². The maximum atomic E-state index is 12.4. The Morgan fingerprint density at radius 1 is 1.25 bits per heavy atom. The number of nitrogens with zero attached hydrogens (tertiary/aromatic N) is 3. The fourth-order valence-corrected chi connectivity index (χ4v) is 3.94. The van der Waals surface area contributed by atoms with E-state index in [1.54, 1.807) is 18.2 Å². The van der Waals surface area contributed by atoms with Gasteiger partial charge in [-0.15, -0.1) is 16.8 Å². The number of rotatable bonds is 10. The molecule has 1 heterocycles. The van der Waals surface area contributed by atoms with Crippen molar-refractivity contribution in [2.24, 2.45) is 0 Å². The van der Waals surface area contributed by atoms with Crippen LogP contribution in [-0.4, -0.2) is 26.4 Å². The summed E-state index contributed by atoms with van der Waals surface area (Å²) in [6.45, 7) is 10.8. The summed E-state index contributed by atoms with van der Waals surface area (Å²) >= 11 is 7.44. The van der Waals surface area contributed by atoms with Crippen LogP contribution in [0, 0.1) is 6.92 Å². The second kappa shape index (κ2) is 11.2. The summed E-state index contributed by atoms with van der Waals surface area (Å²) in [6, 6.07) is 13.5. The summed E-state index contributed by atoms with van der Waals surface area (Å²) in [5.74, 6) is 1.97. The first kappa shape index (κ1) is 23.9. The minimum atomic E-state index is -0.142. The highest BCUT2D eigenvalue weighted by Crippen LogP contribution is 2.24. The summed E-state index contributed by atoms with van der Waals surface area (Å²) in [6.07, 6.45) is 1.77. The molecule has 168 valence electrons. The number of allylic oxidation sites excluding steroid dienone is 1. The van der Waals surface area contributed by atoms with Gasteiger partial charge in [0.05, 0.1) is 5.75 Å². The van der Waals surface area contributed by atoms with Gasteiger partial charge in [0.25, 0.3) is 0 Å². The first-order valence-electron chi connectivity index (χ1n) is 10.3. The fourth-order valence-electron chi connectivity index (χ4n) is 3.00. The van der Waals surface area contributed by atoms with E-state index in [-0.39, 0.29) is 18.3 Å². The summed E-state index contributed by atoms with van der Waals surface area (Å²) < 4.78 is 7.80. The Labute approximate surface area is 198 Å². The second-order valence-electron chi connectivity index (χ2n) is 7.56.